The lowest BCUT2D eigenvalue weighted by atomic mass is 9.83. The molecule has 2 bridgehead atoms. The van der Waals surface area contributed by atoms with Crippen LogP contribution in [-0.4, -0.2) is 0 Å². The highest BCUT2D eigenvalue weighted by atomic mass is 16.3. The molecule has 2 aliphatic rings. The van der Waals surface area contributed by atoms with Crippen molar-refractivity contribution in [3.8, 4) is 33.4 Å². The Balaban J connectivity index is 0.975. The Hall–Kier alpha value is -6.38. The van der Waals surface area contributed by atoms with Crippen molar-refractivity contribution in [2.45, 2.75) is 31.6 Å². The van der Waals surface area contributed by atoms with E-state index in [4.69, 9.17) is 4.42 Å². The predicted octanol–water partition coefficient (Wildman–Crippen LogP) is 15.1. The van der Waals surface area contributed by atoms with Gasteiger partial charge in [0.05, 0.1) is 0 Å². The second-order valence-corrected chi connectivity index (χ2v) is 15.7. The fourth-order valence-corrected chi connectivity index (χ4v) is 9.91. The van der Waals surface area contributed by atoms with Crippen molar-refractivity contribution >= 4 is 49.8 Å². The van der Waals surface area contributed by atoms with E-state index in [9.17, 15) is 0 Å². The lowest BCUT2D eigenvalue weighted by molar-refractivity contribution is 0.420. The van der Waals surface area contributed by atoms with E-state index in [1.54, 1.807) is 0 Å². The van der Waals surface area contributed by atoms with Crippen molar-refractivity contribution in [2.75, 3.05) is 4.90 Å². The molecule has 0 saturated heterocycles. The molecule has 0 radical (unpaired) electrons. The van der Waals surface area contributed by atoms with E-state index in [0.717, 1.165) is 56.8 Å². The first-order chi connectivity index (χ1) is 27.2. The maximum absolute atomic E-state index is 6.39. The first-order valence-corrected chi connectivity index (χ1v) is 19.8. The highest BCUT2D eigenvalue weighted by Gasteiger charge is 2.40. The summed E-state index contributed by atoms with van der Waals surface area (Å²) in [7, 11) is 0. The summed E-state index contributed by atoms with van der Waals surface area (Å²) in [6.07, 6.45) is 5.68. The van der Waals surface area contributed by atoms with Gasteiger partial charge in [0.25, 0.3) is 0 Å². The van der Waals surface area contributed by atoms with Gasteiger partial charge in [0.2, 0.25) is 0 Å². The van der Waals surface area contributed by atoms with Crippen molar-refractivity contribution in [2.24, 2.45) is 11.8 Å². The van der Waals surface area contributed by atoms with Crippen LogP contribution in [0.25, 0.3) is 66.1 Å². The first-order valence-electron chi connectivity index (χ1n) is 19.8. The topological polar surface area (TPSA) is 16.4 Å². The largest absolute Gasteiger partial charge is 0.456 e. The van der Waals surface area contributed by atoms with Gasteiger partial charge in [-0.1, -0.05) is 140 Å². The summed E-state index contributed by atoms with van der Waals surface area (Å²) >= 11 is 0. The lowest BCUT2D eigenvalue weighted by Crippen LogP contribution is -2.09. The fraction of sp³-hybridized carbons (Fsp3) is 0.132. The van der Waals surface area contributed by atoms with Crippen molar-refractivity contribution in [3.63, 3.8) is 0 Å². The molecule has 2 aliphatic carbocycles. The van der Waals surface area contributed by atoms with Crippen LogP contribution in [0.2, 0.25) is 0 Å². The van der Waals surface area contributed by atoms with E-state index in [2.05, 4.69) is 175 Å². The molecule has 11 rings (SSSR count). The molecule has 264 valence electrons. The van der Waals surface area contributed by atoms with Gasteiger partial charge < -0.3 is 9.32 Å². The molecule has 0 aliphatic heterocycles. The average Bonchev–Trinajstić information content (AvgIpc) is 4.00. The molecular weight excluding hydrogens is 667 g/mol. The number of nitrogens with zero attached hydrogens (tertiary/aromatic N) is 1. The summed E-state index contributed by atoms with van der Waals surface area (Å²) in [5, 5.41) is 4.78. The minimum Gasteiger partial charge on any atom is -0.456 e. The van der Waals surface area contributed by atoms with Crippen LogP contribution in [-0.2, 0) is 0 Å². The molecule has 3 unspecified atom stereocenters. The molecule has 3 atom stereocenters. The van der Waals surface area contributed by atoms with Crippen LogP contribution >= 0.6 is 0 Å². The minimum atomic E-state index is 0.755. The van der Waals surface area contributed by atoms with Gasteiger partial charge in [-0.2, -0.15) is 0 Å². The Bertz CT molecular complexity index is 2810. The smallest absolute Gasteiger partial charge is 0.137 e. The second kappa shape index (κ2) is 13.2. The van der Waals surface area contributed by atoms with Gasteiger partial charge in [-0.15, -0.1) is 0 Å². The molecule has 2 heteroatoms. The predicted molar refractivity (Wildman–Crippen MR) is 230 cm³/mol. The Morgan fingerprint density at radius 1 is 0.436 bits per heavy atom. The monoisotopic (exact) mass is 707 g/mol. The molecular formula is C53H41NO. The van der Waals surface area contributed by atoms with Gasteiger partial charge in [-0.25, -0.2) is 0 Å². The molecule has 55 heavy (non-hydrogen) atoms. The van der Waals surface area contributed by atoms with Crippen LogP contribution < -0.4 is 4.90 Å². The van der Waals surface area contributed by atoms with Crippen LogP contribution in [0.4, 0.5) is 17.1 Å². The third-order valence-corrected chi connectivity index (χ3v) is 12.6. The van der Waals surface area contributed by atoms with Gasteiger partial charge in [-0.3, -0.25) is 0 Å². The number of para-hydroxylation sites is 1. The number of rotatable bonds is 7. The van der Waals surface area contributed by atoms with E-state index in [0.29, 0.717) is 0 Å². The quantitative estimate of drug-likeness (QED) is 0.164. The number of furan rings is 1. The number of fused-ring (bicyclic) bond motifs is 6. The minimum absolute atomic E-state index is 0.755. The summed E-state index contributed by atoms with van der Waals surface area (Å²) in [4.78, 5) is 2.34. The fourth-order valence-electron chi connectivity index (χ4n) is 9.91. The van der Waals surface area contributed by atoms with E-state index < -0.39 is 0 Å². The van der Waals surface area contributed by atoms with Crippen molar-refractivity contribution in [1.29, 1.82) is 0 Å². The number of benzene rings is 8. The van der Waals surface area contributed by atoms with Crippen molar-refractivity contribution in [1.82, 2.24) is 0 Å². The van der Waals surface area contributed by atoms with E-state index in [1.165, 1.54) is 75.4 Å². The molecule has 9 aromatic rings. The lowest BCUT2D eigenvalue weighted by Gasteiger charge is -2.26. The molecule has 0 N–H and O–H groups in total. The Labute approximate surface area is 322 Å². The zero-order valence-electron chi connectivity index (χ0n) is 30.7. The molecule has 8 aromatic carbocycles. The first kappa shape index (κ1) is 32.1. The van der Waals surface area contributed by atoms with Gasteiger partial charge in [0, 0.05) is 33.9 Å². The zero-order valence-corrected chi connectivity index (χ0v) is 30.7. The Morgan fingerprint density at radius 2 is 1.04 bits per heavy atom. The second-order valence-electron chi connectivity index (χ2n) is 15.7. The van der Waals surface area contributed by atoms with Gasteiger partial charge in [-0.05, 0) is 129 Å². The van der Waals surface area contributed by atoms with Gasteiger partial charge in [0.15, 0.2) is 0 Å². The SMILES string of the molecule is c1ccc(-c2cccc3cccc(-c4ccc(N(c5ccc(-c6ccc(C7CC8CCC7C8)cc6)cc5)c5ccc6c(c5)oc5ccccc56)cc4)c23)cc1. The van der Waals surface area contributed by atoms with Crippen molar-refractivity contribution in [3.05, 3.63) is 188 Å². The van der Waals surface area contributed by atoms with Crippen LogP contribution in [0.3, 0.4) is 0 Å². The molecule has 1 aromatic heterocycles. The standard InChI is InChI=1S/C53H41NO/c1-2-8-38(9-3-1)46-13-6-10-41-11-7-14-47(53(41)46)39-24-28-44(29-25-39)54(45-30-31-49-48-12-4-5-15-51(48)55-52(49)34-45)43-26-22-37(23-27-43)36-18-20-40(21-19-36)50-33-35-16-17-42(50)32-35/h1-15,18-31,34-35,42,50H,16-17,32-33H2. The third-order valence-electron chi connectivity index (χ3n) is 12.6. The molecule has 0 spiro atoms. The summed E-state index contributed by atoms with van der Waals surface area (Å²) in [5.41, 5.74) is 14.0. The van der Waals surface area contributed by atoms with Gasteiger partial charge in [0.1, 0.15) is 11.2 Å². The van der Waals surface area contributed by atoms with Crippen LogP contribution in [0.5, 0.6) is 0 Å². The Morgan fingerprint density at radius 3 is 1.71 bits per heavy atom. The summed E-state index contributed by atoms with van der Waals surface area (Å²) in [6, 6.07) is 66.4. The highest BCUT2D eigenvalue weighted by Crippen LogP contribution is 2.53. The zero-order chi connectivity index (χ0) is 36.3. The maximum atomic E-state index is 6.39. The summed E-state index contributed by atoms with van der Waals surface area (Å²) in [6.45, 7) is 0. The molecule has 0 amide bonds. The molecule has 2 fully saturated rings. The van der Waals surface area contributed by atoms with E-state index in [-0.39, 0.29) is 0 Å². The Kier molecular flexibility index (Phi) is 7.69. The molecule has 1 heterocycles. The number of hydrogen-bond acceptors (Lipinski definition) is 2. The average molecular weight is 708 g/mol. The number of hydrogen-bond donors (Lipinski definition) is 0. The summed E-state index contributed by atoms with van der Waals surface area (Å²) in [5.74, 6) is 2.61. The van der Waals surface area contributed by atoms with Crippen LogP contribution in [0.15, 0.2) is 186 Å². The number of anilines is 3. The normalized spacial score (nSPS) is 17.7. The van der Waals surface area contributed by atoms with E-state index >= 15 is 0 Å². The van der Waals surface area contributed by atoms with E-state index in [1.807, 2.05) is 12.1 Å². The van der Waals surface area contributed by atoms with Crippen LogP contribution in [0, 0.1) is 11.8 Å². The van der Waals surface area contributed by atoms with Crippen molar-refractivity contribution < 1.29 is 4.42 Å². The maximum Gasteiger partial charge on any atom is 0.137 e. The molecule has 2 nitrogen and oxygen atoms in total. The third kappa shape index (κ3) is 5.63. The van der Waals surface area contributed by atoms with Crippen LogP contribution in [0.1, 0.15) is 37.2 Å². The van der Waals surface area contributed by atoms with Gasteiger partial charge >= 0.3 is 0 Å². The highest BCUT2D eigenvalue weighted by molar-refractivity contribution is 6.07. The molecule has 2 saturated carbocycles. The summed E-state index contributed by atoms with van der Waals surface area (Å²) < 4.78 is 6.39.